The van der Waals surface area contributed by atoms with Gasteiger partial charge in [-0.15, -0.1) is 11.3 Å². The van der Waals surface area contributed by atoms with Gasteiger partial charge in [0.1, 0.15) is 16.5 Å². The summed E-state index contributed by atoms with van der Waals surface area (Å²) in [4.78, 5) is 28.7. The monoisotopic (exact) mass is 530 g/mol. The third kappa shape index (κ3) is 7.06. The fourth-order valence-corrected chi connectivity index (χ4v) is 4.67. The highest BCUT2D eigenvalue weighted by Gasteiger charge is 2.21. The first kappa shape index (κ1) is 27.6. The molecule has 0 fully saturated rings. The summed E-state index contributed by atoms with van der Waals surface area (Å²) in [5.41, 5.74) is 1.10. The summed E-state index contributed by atoms with van der Waals surface area (Å²) in [6, 6.07) is 13.6. The van der Waals surface area contributed by atoms with Gasteiger partial charge in [-0.05, 0) is 52.0 Å². The van der Waals surface area contributed by atoms with Gasteiger partial charge in [0.15, 0.2) is 6.10 Å². The first-order chi connectivity index (χ1) is 17.1. The summed E-state index contributed by atoms with van der Waals surface area (Å²) < 4.78 is 10.8. The zero-order valence-corrected chi connectivity index (χ0v) is 22.6. The van der Waals surface area contributed by atoms with Crippen LogP contribution >= 0.6 is 22.9 Å². The Morgan fingerprint density at radius 2 is 1.83 bits per heavy atom. The first-order valence-corrected chi connectivity index (χ1v) is 13.0. The Balaban J connectivity index is 0.000000297. The average Bonchev–Trinajstić information content (AvgIpc) is 3.17. The average molecular weight is 531 g/mol. The Hall–Kier alpha value is -2.94. The molecule has 1 atom stereocenters. The highest BCUT2D eigenvalue weighted by molar-refractivity contribution is 7.15. The van der Waals surface area contributed by atoms with Gasteiger partial charge < -0.3 is 19.9 Å². The second-order valence-corrected chi connectivity index (χ2v) is 10.4. The van der Waals surface area contributed by atoms with Crippen molar-refractivity contribution in [2.75, 3.05) is 6.54 Å². The minimum atomic E-state index is -1.04. The minimum Gasteiger partial charge on any atom is -0.490 e. The van der Waals surface area contributed by atoms with Crippen LogP contribution in [0.2, 0.25) is 5.02 Å². The smallest absolute Gasteiger partial charge is 0.332 e. The van der Waals surface area contributed by atoms with Crippen molar-refractivity contribution in [3.8, 4) is 16.3 Å². The van der Waals surface area contributed by atoms with Crippen molar-refractivity contribution in [1.29, 1.82) is 0 Å². The lowest BCUT2D eigenvalue weighted by Gasteiger charge is -2.16. The van der Waals surface area contributed by atoms with Crippen LogP contribution in [0.5, 0.6) is 5.75 Å². The highest BCUT2D eigenvalue weighted by Crippen LogP contribution is 2.32. The fourth-order valence-electron chi connectivity index (χ4n) is 3.44. The molecule has 7 nitrogen and oxygen atoms in total. The van der Waals surface area contributed by atoms with Crippen LogP contribution in [0.1, 0.15) is 49.5 Å². The molecule has 9 heteroatoms. The van der Waals surface area contributed by atoms with Gasteiger partial charge in [-0.3, -0.25) is 4.79 Å². The van der Waals surface area contributed by atoms with Crippen LogP contribution in [0.3, 0.4) is 0 Å². The number of aliphatic carboxylic acids is 1. The molecule has 2 aromatic rings. The number of halogens is 1. The molecular weight excluding hydrogens is 500 g/mol. The number of benzene rings is 2. The van der Waals surface area contributed by atoms with Crippen molar-refractivity contribution in [2.45, 2.75) is 59.4 Å². The van der Waals surface area contributed by atoms with E-state index in [9.17, 15) is 9.59 Å². The number of thiazole rings is 1. The Kier molecular flexibility index (Phi) is 9.48. The zero-order valence-electron chi connectivity index (χ0n) is 21.0. The van der Waals surface area contributed by atoms with E-state index in [2.05, 4.69) is 28.5 Å². The molecule has 0 radical (unpaired) electrons. The van der Waals surface area contributed by atoms with Gasteiger partial charge in [-0.1, -0.05) is 41.9 Å². The number of aryl methyl sites for hydroxylation is 1. The van der Waals surface area contributed by atoms with Crippen molar-refractivity contribution in [3.05, 3.63) is 68.5 Å². The lowest BCUT2D eigenvalue weighted by Crippen LogP contribution is -2.33. The molecule has 0 spiro atoms. The maximum absolute atomic E-state index is 12.4. The van der Waals surface area contributed by atoms with E-state index in [0.717, 1.165) is 16.2 Å². The summed E-state index contributed by atoms with van der Waals surface area (Å²) in [6.45, 7) is 9.62. The van der Waals surface area contributed by atoms with Crippen molar-refractivity contribution in [2.24, 2.45) is 0 Å². The lowest BCUT2D eigenvalue weighted by atomic mass is 10.1. The number of aromatic nitrogens is 1. The van der Waals surface area contributed by atoms with Gasteiger partial charge in [0.05, 0.1) is 17.2 Å². The van der Waals surface area contributed by atoms with Gasteiger partial charge in [0.25, 0.3) is 5.91 Å². The molecule has 2 aliphatic carbocycles. The van der Waals surface area contributed by atoms with Gasteiger partial charge in [-0.2, -0.15) is 0 Å². The first-order valence-electron chi connectivity index (χ1n) is 11.8. The molecule has 0 saturated carbocycles. The van der Waals surface area contributed by atoms with Crippen molar-refractivity contribution >= 4 is 34.8 Å². The molecule has 2 N–H and O–H groups in total. The van der Waals surface area contributed by atoms with Crippen LogP contribution in [0.25, 0.3) is 10.6 Å². The summed E-state index contributed by atoms with van der Waals surface area (Å²) in [6.07, 6.45) is -0.676. The molecule has 192 valence electrons. The van der Waals surface area contributed by atoms with Gasteiger partial charge in [0.2, 0.25) is 0 Å². The number of carbonyl (C=O) groups excluding carboxylic acids is 1. The van der Waals surface area contributed by atoms with Crippen LogP contribution in [-0.2, 0) is 9.53 Å². The number of carbonyl (C=O) groups is 2. The van der Waals surface area contributed by atoms with E-state index in [1.54, 1.807) is 19.9 Å². The Morgan fingerprint density at radius 1 is 1.11 bits per heavy atom. The second kappa shape index (κ2) is 12.3. The number of amides is 1. The molecule has 0 saturated heterocycles. The summed E-state index contributed by atoms with van der Waals surface area (Å²) in [5, 5.41) is 15.7. The molecule has 4 rings (SSSR count). The molecule has 1 aromatic carbocycles. The zero-order chi connectivity index (χ0) is 26.4. The van der Waals surface area contributed by atoms with Crippen LogP contribution in [0.15, 0.2) is 42.5 Å². The highest BCUT2D eigenvalue weighted by atomic mass is 35.5. The number of nitrogens with one attached hydrogen (secondary N) is 1. The molecule has 1 unspecified atom stereocenters. The van der Waals surface area contributed by atoms with Crippen LogP contribution in [0, 0.1) is 17.4 Å². The third-order valence-electron chi connectivity index (χ3n) is 5.18. The number of carboxylic acid groups (broad SMARTS) is 1. The second-order valence-electron chi connectivity index (χ2n) is 8.84. The van der Waals surface area contributed by atoms with E-state index in [4.69, 9.17) is 26.2 Å². The van der Waals surface area contributed by atoms with Gasteiger partial charge in [-0.25, -0.2) is 9.78 Å². The molecule has 0 bridgehead atoms. The SMILES string of the molecule is CC(C)Oc1cc2ccc1=2.Cc1sc(-c2ccccc2Cl)nc1C(=O)NCCC(OC(C)C)C(=O)O. The summed E-state index contributed by atoms with van der Waals surface area (Å²) >= 11 is 7.57. The van der Waals surface area contributed by atoms with E-state index < -0.39 is 12.1 Å². The minimum absolute atomic E-state index is 0.180. The lowest BCUT2D eigenvalue weighted by molar-refractivity contribution is -0.153. The van der Waals surface area contributed by atoms with E-state index in [0.29, 0.717) is 21.8 Å². The normalized spacial score (nSPS) is 12.1. The van der Waals surface area contributed by atoms with Crippen LogP contribution < -0.4 is 10.1 Å². The molecule has 1 heterocycles. The molecule has 36 heavy (non-hydrogen) atoms. The molecule has 2 aliphatic rings. The van der Waals surface area contributed by atoms with Gasteiger partial charge in [0, 0.05) is 28.6 Å². The largest absolute Gasteiger partial charge is 0.490 e. The van der Waals surface area contributed by atoms with Gasteiger partial charge >= 0.3 is 5.97 Å². The quantitative estimate of drug-likeness (QED) is 0.267. The summed E-state index contributed by atoms with van der Waals surface area (Å²) in [7, 11) is 0. The molecule has 1 amide bonds. The van der Waals surface area contributed by atoms with Crippen LogP contribution in [-0.4, -0.2) is 46.8 Å². The molecule has 0 aliphatic heterocycles. The maximum Gasteiger partial charge on any atom is 0.332 e. The topological polar surface area (TPSA) is 97.8 Å². The Morgan fingerprint density at radius 3 is 2.36 bits per heavy atom. The summed E-state index contributed by atoms with van der Waals surface area (Å²) in [5.74, 6) is -0.322. The number of carboxylic acids is 1. The Bertz CT molecular complexity index is 1320. The number of hydrogen-bond acceptors (Lipinski definition) is 6. The van der Waals surface area contributed by atoms with Crippen LogP contribution in [0.4, 0.5) is 0 Å². The predicted molar refractivity (Wildman–Crippen MR) is 142 cm³/mol. The predicted octanol–water partition coefficient (Wildman–Crippen LogP) is 5.84. The Labute approximate surface area is 219 Å². The maximum atomic E-state index is 12.4. The fraction of sp³-hybridized carbons (Fsp3) is 0.370. The van der Waals surface area contributed by atoms with Crippen molar-refractivity contribution in [1.82, 2.24) is 10.3 Å². The van der Waals surface area contributed by atoms with E-state index in [-0.39, 0.29) is 25.0 Å². The molecular formula is C27H31ClN2O5S. The van der Waals surface area contributed by atoms with E-state index in [1.165, 1.54) is 21.8 Å². The van der Waals surface area contributed by atoms with E-state index in [1.807, 2.05) is 39.0 Å². The standard InChI is InChI=1S/C18H21ClN2O4S.C9H10O/c1-10(2)25-14(18(23)24)8-9-20-16(22)15-11(3)26-17(21-15)12-6-4-5-7-13(12)19;1-6(2)10-9-5-7-3-4-8(7)9/h4-7,10,14H,8-9H2,1-3H3,(H,20,22)(H,23,24);3-6H,1-2H3. The van der Waals surface area contributed by atoms with Crippen molar-refractivity contribution in [3.63, 3.8) is 0 Å². The third-order valence-corrected chi connectivity index (χ3v) is 6.51. The van der Waals surface area contributed by atoms with Crippen molar-refractivity contribution < 1.29 is 24.2 Å². The number of hydrogen-bond donors (Lipinski definition) is 2. The molecule has 1 aromatic heterocycles. The number of ether oxygens (including phenoxy) is 2. The number of nitrogens with zero attached hydrogens (tertiary/aromatic N) is 1. The van der Waals surface area contributed by atoms with E-state index >= 15 is 0 Å². The number of rotatable bonds is 10.